The lowest BCUT2D eigenvalue weighted by Crippen LogP contribution is -2.22. The van der Waals surface area contributed by atoms with E-state index in [4.69, 9.17) is 27.9 Å². The first-order valence-electron chi connectivity index (χ1n) is 8.74. The largest absolute Gasteiger partial charge is 0.486 e. The number of carbonyl (C=O) groups excluding carboxylic acids is 1. The Kier molecular flexibility index (Phi) is 5.71. The van der Waals surface area contributed by atoms with Gasteiger partial charge < -0.3 is 14.5 Å². The molecule has 0 aliphatic carbocycles. The molecule has 0 aliphatic rings. The molecule has 0 saturated heterocycles. The van der Waals surface area contributed by atoms with Gasteiger partial charge in [-0.2, -0.15) is 0 Å². The summed E-state index contributed by atoms with van der Waals surface area (Å²) in [7, 11) is 0. The van der Waals surface area contributed by atoms with Crippen LogP contribution in [0.4, 0.5) is 0 Å². The summed E-state index contributed by atoms with van der Waals surface area (Å²) in [6.07, 6.45) is 3.61. The van der Waals surface area contributed by atoms with Gasteiger partial charge in [-0.25, -0.2) is 9.97 Å². The molecule has 3 aromatic heterocycles. The van der Waals surface area contributed by atoms with Gasteiger partial charge in [-0.15, -0.1) is 11.3 Å². The zero-order chi connectivity index (χ0) is 20.4. The summed E-state index contributed by atoms with van der Waals surface area (Å²) in [5.41, 5.74) is 2.19. The molecule has 1 N–H and O–H groups in total. The first kappa shape index (κ1) is 19.7. The number of aromatic nitrogens is 3. The number of imidazole rings is 1. The van der Waals surface area contributed by atoms with E-state index in [1.807, 2.05) is 23.6 Å². The quantitative estimate of drug-likeness (QED) is 0.456. The normalized spacial score (nSPS) is 11.0. The zero-order valence-corrected chi connectivity index (χ0v) is 17.7. The van der Waals surface area contributed by atoms with Gasteiger partial charge >= 0.3 is 0 Å². The number of hydrogen-bond acceptors (Lipinski definition) is 5. The predicted molar refractivity (Wildman–Crippen MR) is 114 cm³/mol. The summed E-state index contributed by atoms with van der Waals surface area (Å²) >= 11 is 13.2. The van der Waals surface area contributed by atoms with Crippen molar-refractivity contribution >= 4 is 46.1 Å². The number of amides is 1. The lowest BCUT2D eigenvalue weighted by molar-refractivity contribution is 0.0953. The van der Waals surface area contributed by atoms with E-state index >= 15 is 0 Å². The van der Waals surface area contributed by atoms with Crippen molar-refractivity contribution in [1.29, 1.82) is 0 Å². The number of rotatable bonds is 6. The van der Waals surface area contributed by atoms with Gasteiger partial charge in [-0.05, 0) is 43.3 Å². The third-order valence-corrected chi connectivity index (χ3v) is 5.72. The summed E-state index contributed by atoms with van der Waals surface area (Å²) in [5, 5.41) is 4.89. The molecule has 0 radical (unpaired) electrons. The standard InChI is InChI=1S/C20H16Cl2N4O2S/c1-12-19(29-18(24-12)11-28-16-5-2-13(21)3-6-16)20(27)23-8-15-10-26-9-14(22)4-7-17(26)25-15/h2-7,9-10H,8,11H2,1H3,(H,23,27). The van der Waals surface area contributed by atoms with Crippen LogP contribution in [0.15, 0.2) is 48.8 Å². The van der Waals surface area contributed by atoms with Gasteiger partial charge in [0.05, 0.1) is 23.0 Å². The summed E-state index contributed by atoms with van der Waals surface area (Å²) in [5.74, 6) is 0.507. The van der Waals surface area contributed by atoms with Gasteiger partial charge in [0.1, 0.15) is 27.9 Å². The minimum atomic E-state index is -0.187. The fraction of sp³-hybridized carbons (Fsp3) is 0.150. The Hall–Kier alpha value is -2.61. The van der Waals surface area contributed by atoms with Crippen LogP contribution in [0.25, 0.3) is 5.65 Å². The van der Waals surface area contributed by atoms with E-state index < -0.39 is 0 Å². The van der Waals surface area contributed by atoms with Crippen LogP contribution in [0.2, 0.25) is 10.0 Å². The molecule has 9 heteroatoms. The van der Waals surface area contributed by atoms with Gasteiger partial charge in [0, 0.05) is 17.4 Å². The molecule has 0 fully saturated rings. The molecule has 4 rings (SSSR count). The molecule has 1 aromatic carbocycles. The Balaban J connectivity index is 1.38. The van der Waals surface area contributed by atoms with Crippen molar-refractivity contribution in [3.63, 3.8) is 0 Å². The molecule has 3 heterocycles. The average molecular weight is 447 g/mol. The zero-order valence-electron chi connectivity index (χ0n) is 15.4. The van der Waals surface area contributed by atoms with E-state index in [1.54, 1.807) is 36.5 Å². The molecule has 4 aromatic rings. The number of ether oxygens (including phenoxy) is 1. The van der Waals surface area contributed by atoms with Gasteiger partial charge in [-0.1, -0.05) is 23.2 Å². The lowest BCUT2D eigenvalue weighted by atomic mass is 10.3. The Bertz CT molecular complexity index is 1170. The van der Waals surface area contributed by atoms with Gasteiger partial charge in [0.25, 0.3) is 5.91 Å². The Labute approximate surface area is 181 Å². The second kappa shape index (κ2) is 8.41. The van der Waals surface area contributed by atoms with Crippen molar-refractivity contribution in [2.75, 3.05) is 0 Å². The van der Waals surface area contributed by atoms with Gasteiger partial charge in [0.2, 0.25) is 0 Å². The molecule has 1 amide bonds. The number of fused-ring (bicyclic) bond motifs is 1. The minimum Gasteiger partial charge on any atom is -0.486 e. The first-order valence-corrected chi connectivity index (χ1v) is 10.3. The van der Waals surface area contributed by atoms with Crippen molar-refractivity contribution < 1.29 is 9.53 Å². The Morgan fingerprint density at radius 2 is 1.86 bits per heavy atom. The van der Waals surface area contributed by atoms with E-state index in [-0.39, 0.29) is 12.5 Å². The van der Waals surface area contributed by atoms with Crippen molar-refractivity contribution in [3.05, 3.63) is 80.1 Å². The van der Waals surface area contributed by atoms with Crippen molar-refractivity contribution in [3.8, 4) is 5.75 Å². The number of halogens is 2. The molecular formula is C20H16Cl2N4O2S. The van der Waals surface area contributed by atoms with Crippen LogP contribution >= 0.6 is 34.5 Å². The molecule has 148 valence electrons. The molecule has 0 saturated carbocycles. The topological polar surface area (TPSA) is 68.5 Å². The minimum absolute atomic E-state index is 0.187. The number of benzene rings is 1. The molecule has 29 heavy (non-hydrogen) atoms. The molecule has 6 nitrogen and oxygen atoms in total. The fourth-order valence-electron chi connectivity index (χ4n) is 2.75. The van der Waals surface area contributed by atoms with Crippen molar-refractivity contribution in [2.24, 2.45) is 0 Å². The second-order valence-corrected chi connectivity index (χ2v) is 8.25. The molecule has 0 aliphatic heterocycles. The van der Waals surface area contributed by atoms with Gasteiger partial charge in [0.15, 0.2) is 0 Å². The number of aryl methyl sites for hydroxylation is 1. The smallest absolute Gasteiger partial charge is 0.263 e. The summed E-state index contributed by atoms with van der Waals surface area (Å²) < 4.78 is 7.53. The fourth-order valence-corrected chi connectivity index (χ4v) is 3.94. The van der Waals surface area contributed by atoms with E-state index in [2.05, 4.69) is 15.3 Å². The maximum Gasteiger partial charge on any atom is 0.263 e. The third-order valence-electron chi connectivity index (χ3n) is 4.12. The number of hydrogen-bond donors (Lipinski definition) is 1. The van der Waals surface area contributed by atoms with E-state index in [0.717, 1.165) is 16.3 Å². The first-order chi connectivity index (χ1) is 14.0. The third kappa shape index (κ3) is 4.70. The molecule has 0 spiro atoms. The van der Waals surface area contributed by atoms with Crippen LogP contribution in [0.3, 0.4) is 0 Å². The summed E-state index contributed by atoms with van der Waals surface area (Å²) in [4.78, 5) is 22.0. The SMILES string of the molecule is Cc1nc(COc2ccc(Cl)cc2)sc1C(=O)NCc1cn2cc(Cl)ccc2n1. The van der Waals surface area contributed by atoms with Crippen LogP contribution in [0, 0.1) is 6.92 Å². The number of nitrogens with zero attached hydrogens (tertiary/aromatic N) is 3. The van der Waals surface area contributed by atoms with Crippen molar-refractivity contribution in [2.45, 2.75) is 20.1 Å². The number of carbonyl (C=O) groups is 1. The average Bonchev–Trinajstić information content (AvgIpc) is 3.28. The summed E-state index contributed by atoms with van der Waals surface area (Å²) in [6.45, 7) is 2.41. The second-order valence-electron chi connectivity index (χ2n) is 6.29. The van der Waals surface area contributed by atoms with Crippen LogP contribution in [-0.2, 0) is 13.2 Å². The lowest BCUT2D eigenvalue weighted by Gasteiger charge is -2.03. The maximum absolute atomic E-state index is 12.6. The molecule has 0 unspecified atom stereocenters. The number of nitrogens with one attached hydrogen (secondary N) is 1. The maximum atomic E-state index is 12.6. The number of pyridine rings is 1. The predicted octanol–water partition coefficient (Wildman–Crippen LogP) is 4.92. The van der Waals surface area contributed by atoms with Crippen LogP contribution < -0.4 is 10.1 Å². The van der Waals surface area contributed by atoms with Gasteiger partial charge in [-0.3, -0.25) is 4.79 Å². The highest BCUT2D eigenvalue weighted by Crippen LogP contribution is 2.21. The van der Waals surface area contributed by atoms with E-state index in [1.165, 1.54) is 11.3 Å². The highest BCUT2D eigenvalue weighted by atomic mass is 35.5. The molecule has 0 atom stereocenters. The highest BCUT2D eigenvalue weighted by molar-refractivity contribution is 7.13. The summed E-state index contributed by atoms with van der Waals surface area (Å²) in [6, 6.07) is 10.7. The number of thiazole rings is 1. The Morgan fingerprint density at radius 3 is 2.66 bits per heavy atom. The van der Waals surface area contributed by atoms with Crippen molar-refractivity contribution in [1.82, 2.24) is 19.7 Å². The molecular weight excluding hydrogens is 431 g/mol. The van der Waals surface area contributed by atoms with E-state index in [0.29, 0.717) is 32.9 Å². The van der Waals surface area contributed by atoms with Crippen LogP contribution in [-0.4, -0.2) is 20.3 Å². The Morgan fingerprint density at radius 1 is 1.10 bits per heavy atom. The highest BCUT2D eigenvalue weighted by Gasteiger charge is 2.16. The monoisotopic (exact) mass is 446 g/mol. The molecule has 0 bridgehead atoms. The van der Waals surface area contributed by atoms with Crippen LogP contribution in [0.1, 0.15) is 26.1 Å². The van der Waals surface area contributed by atoms with Crippen LogP contribution in [0.5, 0.6) is 5.75 Å². The van der Waals surface area contributed by atoms with E-state index in [9.17, 15) is 4.79 Å².